The number of ether oxygens (including phenoxy) is 1. The van der Waals surface area contributed by atoms with Gasteiger partial charge in [0.15, 0.2) is 0 Å². The molecule has 0 saturated carbocycles. The molecule has 0 spiro atoms. The Labute approximate surface area is 180 Å². The summed E-state index contributed by atoms with van der Waals surface area (Å²) >= 11 is 0. The van der Waals surface area contributed by atoms with Crippen molar-refractivity contribution >= 4 is 11.9 Å². The van der Waals surface area contributed by atoms with Crippen LogP contribution in [0.4, 0.5) is 0 Å². The SMILES string of the molecule is CC(C)CC(C(=O)NN)[C@@H](Cc1ccccc1-c1ccccc1)C(=O)OC(C)(C)C. The van der Waals surface area contributed by atoms with E-state index in [-0.39, 0.29) is 17.8 Å². The van der Waals surface area contributed by atoms with E-state index < -0.39 is 17.4 Å². The lowest BCUT2D eigenvalue weighted by Crippen LogP contribution is -2.44. The van der Waals surface area contributed by atoms with E-state index in [1.807, 2.05) is 89.2 Å². The summed E-state index contributed by atoms with van der Waals surface area (Å²) in [5, 5.41) is 0. The molecule has 0 heterocycles. The number of rotatable bonds is 8. The van der Waals surface area contributed by atoms with Gasteiger partial charge in [-0.2, -0.15) is 0 Å². The van der Waals surface area contributed by atoms with Crippen molar-refractivity contribution < 1.29 is 14.3 Å². The zero-order chi connectivity index (χ0) is 22.3. The van der Waals surface area contributed by atoms with Crippen molar-refractivity contribution in [2.24, 2.45) is 23.6 Å². The summed E-state index contributed by atoms with van der Waals surface area (Å²) in [6.07, 6.45) is 0.936. The summed E-state index contributed by atoms with van der Waals surface area (Å²) in [5.74, 6) is 3.77. The van der Waals surface area contributed by atoms with Crippen molar-refractivity contribution in [2.75, 3.05) is 0 Å². The fraction of sp³-hybridized carbons (Fsp3) is 0.440. The van der Waals surface area contributed by atoms with E-state index in [0.29, 0.717) is 12.8 Å². The number of carbonyl (C=O) groups excluding carboxylic acids is 2. The van der Waals surface area contributed by atoms with Crippen molar-refractivity contribution in [3.05, 3.63) is 60.2 Å². The highest BCUT2D eigenvalue weighted by Crippen LogP contribution is 2.31. The third-order valence-corrected chi connectivity index (χ3v) is 4.94. The van der Waals surface area contributed by atoms with Crippen LogP contribution in [-0.2, 0) is 20.7 Å². The maximum atomic E-state index is 13.2. The van der Waals surface area contributed by atoms with E-state index in [9.17, 15) is 9.59 Å². The predicted molar refractivity (Wildman–Crippen MR) is 120 cm³/mol. The van der Waals surface area contributed by atoms with Crippen LogP contribution in [0.3, 0.4) is 0 Å². The third-order valence-electron chi connectivity index (χ3n) is 4.94. The molecule has 0 fully saturated rings. The summed E-state index contributed by atoms with van der Waals surface area (Å²) in [6, 6.07) is 18.0. The Balaban J connectivity index is 2.48. The van der Waals surface area contributed by atoms with Crippen LogP contribution in [0.25, 0.3) is 11.1 Å². The predicted octanol–water partition coefficient (Wildman–Crippen LogP) is 4.51. The van der Waals surface area contributed by atoms with Crippen LogP contribution in [0.1, 0.15) is 46.6 Å². The summed E-state index contributed by atoms with van der Waals surface area (Å²) in [5.41, 5.74) is 4.72. The molecular weight excluding hydrogens is 376 g/mol. The number of nitrogens with two attached hydrogens (primary N) is 1. The largest absolute Gasteiger partial charge is 0.460 e. The molecule has 1 unspecified atom stereocenters. The van der Waals surface area contributed by atoms with Crippen LogP contribution in [0.15, 0.2) is 54.6 Å². The molecule has 2 atom stereocenters. The maximum absolute atomic E-state index is 13.2. The summed E-state index contributed by atoms with van der Waals surface area (Å²) in [4.78, 5) is 25.9. The molecule has 5 heteroatoms. The number of esters is 1. The van der Waals surface area contributed by atoms with E-state index in [4.69, 9.17) is 10.6 Å². The van der Waals surface area contributed by atoms with Crippen LogP contribution in [0.2, 0.25) is 0 Å². The van der Waals surface area contributed by atoms with Crippen molar-refractivity contribution in [3.8, 4) is 11.1 Å². The monoisotopic (exact) mass is 410 g/mol. The molecular formula is C25H34N2O3. The lowest BCUT2D eigenvalue weighted by atomic mass is 9.79. The lowest BCUT2D eigenvalue weighted by Gasteiger charge is -2.29. The number of nitrogens with one attached hydrogen (secondary N) is 1. The summed E-state index contributed by atoms with van der Waals surface area (Å²) in [6.45, 7) is 9.56. The van der Waals surface area contributed by atoms with Crippen molar-refractivity contribution in [3.63, 3.8) is 0 Å². The first-order valence-electron chi connectivity index (χ1n) is 10.5. The van der Waals surface area contributed by atoms with E-state index in [1.165, 1.54) is 0 Å². The molecule has 162 valence electrons. The highest BCUT2D eigenvalue weighted by Gasteiger charge is 2.37. The maximum Gasteiger partial charge on any atom is 0.310 e. The molecule has 0 saturated heterocycles. The fourth-order valence-corrected chi connectivity index (χ4v) is 3.67. The molecule has 1 amide bonds. The Morgan fingerprint density at radius 3 is 2.13 bits per heavy atom. The first-order chi connectivity index (χ1) is 14.1. The minimum absolute atomic E-state index is 0.224. The smallest absolute Gasteiger partial charge is 0.310 e. The average Bonchev–Trinajstić information content (AvgIpc) is 2.69. The first kappa shape index (κ1) is 23.6. The highest BCUT2D eigenvalue weighted by molar-refractivity contribution is 5.85. The van der Waals surface area contributed by atoms with Gasteiger partial charge in [0.1, 0.15) is 5.60 Å². The normalized spacial score (nSPS) is 13.6. The Morgan fingerprint density at radius 2 is 1.57 bits per heavy atom. The van der Waals surface area contributed by atoms with E-state index in [2.05, 4.69) is 5.43 Å². The molecule has 0 aromatic heterocycles. The molecule has 2 aromatic rings. The van der Waals surface area contributed by atoms with E-state index >= 15 is 0 Å². The van der Waals surface area contributed by atoms with Gasteiger partial charge in [-0.15, -0.1) is 0 Å². The van der Waals surface area contributed by atoms with Gasteiger partial charge in [-0.1, -0.05) is 68.4 Å². The minimum Gasteiger partial charge on any atom is -0.460 e. The van der Waals surface area contributed by atoms with Crippen molar-refractivity contribution in [1.82, 2.24) is 5.43 Å². The number of carbonyl (C=O) groups is 2. The topological polar surface area (TPSA) is 81.4 Å². The molecule has 0 aliphatic rings. The van der Waals surface area contributed by atoms with Crippen LogP contribution >= 0.6 is 0 Å². The van der Waals surface area contributed by atoms with Crippen molar-refractivity contribution in [1.29, 1.82) is 0 Å². The zero-order valence-corrected chi connectivity index (χ0v) is 18.6. The molecule has 5 nitrogen and oxygen atoms in total. The molecule has 2 rings (SSSR count). The van der Waals surface area contributed by atoms with Gasteiger partial charge in [-0.05, 0) is 56.2 Å². The number of amides is 1. The van der Waals surface area contributed by atoms with Gasteiger partial charge < -0.3 is 4.74 Å². The first-order valence-corrected chi connectivity index (χ1v) is 10.5. The van der Waals surface area contributed by atoms with Gasteiger partial charge in [0, 0.05) is 0 Å². The Bertz CT molecular complexity index is 841. The van der Waals surface area contributed by atoms with Gasteiger partial charge in [0.05, 0.1) is 11.8 Å². The highest BCUT2D eigenvalue weighted by atomic mass is 16.6. The molecule has 0 bridgehead atoms. The number of hydrazine groups is 1. The van der Waals surface area contributed by atoms with Crippen LogP contribution < -0.4 is 11.3 Å². The Hall–Kier alpha value is -2.66. The molecule has 2 aromatic carbocycles. The van der Waals surface area contributed by atoms with E-state index in [1.54, 1.807) is 0 Å². The molecule has 0 radical (unpaired) electrons. The summed E-state index contributed by atoms with van der Waals surface area (Å²) in [7, 11) is 0. The quantitative estimate of drug-likeness (QED) is 0.290. The molecule has 0 aliphatic heterocycles. The van der Waals surface area contributed by atoms with E-state index in [0.717, 1.165) is 16.7 Å². The fourth-order valence-electron chi connectivity index (χ4n) is 3.67. The third kappa shape index (κ3) is 6.70. The standard InChI is InChI=1S/C25H34N2O3/c1-17(2)15-21(23(28)27-26)22(24(29)30-25(3,4)5)16-19-13-9-10-14-20(19)18-11-7-6-8-12-18/h6-14,17,21-22H,15-16,26H2,1-5H3,(H,27,28)/t21?,22-/m1/s1. The number of hydrogen-bond acceptors (Lipinski definition) is 4. The second-order valence-electron chi connectivity index (χ2n) is 9.11. The molecule has 0 aliphatic carbocycles. The molecule has 30 heavy (non-hydrogen) atoms. The van der Waals surface area contributed by atoms with Gasteiger partial charge in [0.2, 0.25) is 5.91 Å². The van der Waals surface area contributed by atoms with Gasteiger partial charge in [0.25, 0.3) is 0 Å². The van der Waals surface area contributed by atoms with Crippen molar-refractivity contribution in [2.45, 2.75) is 53.1 Å². The average molecular weight is 411 g/mol. The molecule has 3 N–H and O–H groups in total. The van der Waals surface area contributed by atoms with Gasteiger partial charge >= 0.3 is 5.97 Å². The second-order valence-corrected chi connectivity index (χ2v) is 9.11. The zero-order valence-electron chi connectivity index (χ0n) is 18.6. The number of benzene rings is 2. The summed E-state index contributed by atoms with van der Waals surface area (Å²) < 4.78 is 5.72. The number of hydrogen-bond donors (Lipinski definition) is 2. The van der Waals surface area contributed by atoms with Crippen LogP contribution in [-0.4, -0.2) is 17.5 Å². The van der Waals surface area contributed by atoms with Crippen LogP contribution in [0, 0.1) is 17.8 Å². The van der Waals surface area contributed by atoms with Crippen LogP contribution in [0.5, 0.6) is 0 Å². The minimum atomic E-state index is -0.643. The van der Waals surface area contributed by atoms with Gasteiger partial charge in [-0.3, -0.25) is 15.0 Å². The Morgan fingerprint density at radius 1 is 0.967 bits per heavy atom. The lowest BCUT2D eigenvalue weighted by molar-refractivity contribution is -0.164. The second kappa shape index (κ2) is 10.4. The Kier molecular flexibility index (Phi) is 8.18. The van der Waals surface area contributed by atoms with Gasteiger partial charge in [-0.25, -0.2) is 5.84 Å².